The van der Waals surface area contributed by atoms with Crippen molar-refractivity contribution in [2.75, 3.05) is 11.9 Å². The SMILES string of the molecule is Cc1nc(Cl)ccc1NCC(C)(C)C. The highest BCUT2D eigenvalue weighted by Gasteiger charge is 2.10. The number of halogens is 1. The molecule has 0 aliphatic carbocycles. The number of rotatable bonds is 2. The maximum Gasteiger partial charge on any atom is 0.129 e. The third-order valence-corrected chi connectivity index (χ3v) is 2.07. The van der Waals surface area contributed by atoms with E-state index in [4.69, 9.17) is 11.6 Å². The summed E-state index contributed by atoms with van der Waals surface area (Å²) in [5.41, 5.74) is 2.28. The second-order valence-electron chi connectivity index (χ2n) is 4.68. The van der Waals surface area contributed by atoms with E-state index in [0.717, 1.165) is 17.9 Å². The monoisotopic (exact) mass is 212 g/mol. The maximum atomic E-state index is 5.77. The van der Waals surface area contributed by atoms with Crippen molar-refractivity contribution in [3.8, 4) is 0 Å². The Labute approximate surface area is 90.7 Å². The van der Waals surface area contributed by atoms with Crippen molar-refractivity contribution >= 4 is 17.3 Å². The minimum atomic E-state index is 0.270. The van der Waals surface area contributed by atoms with Crippen LogP contribution in [0.3, 0.4) is 0 Å². The Bertz CT molecular complexity index is 316. The highest BCUT2D eigenvalue weighted by Crippen LogP contribution is 2.19. The van der Waals surface area contributed by atoms with Gasteiger partial charge < -0.3 is 5.32 Å². The summed E-state index contributed by atoms with van der Waals surface area (Å²) in [7, 11) is 0. The van der Waals surface area contributed by atoms with Crippen LogP contribution < -0.4 is 5.32 Å². The van der Waals surface area contributed by atoms with E-state index in [9.17, 15) is 0 Å². The molecular formula is C11H17ClN2. The van der Waals surface area contributed by atoms with Gasteiger partial charge in [-0.1, -0.05) is 32.4 Å². The molecule has 0 spiro atoms. The van der Waals surface area contributed by atoms with Crippen molar-refractivity contribution in [3.63, 3.8) is 0 Å². The van der Waals surface area contributed by atoms with Crippen LogP contribution in [-0.4, -0.2) is 11.5 Å². The largest absolute Gasteiger partial charge is 0.383 e. The first-order chi connectivity index (χ1) is 6.38. The third-order valence-electron chi connectivity index (χ3n) is 1.86. The second-order valence-corrected chi connectivity index (χ2v) is 5.07. The zero-order chi connectivity index (χ0) is 10.8. The summed E-state index contributed by atoms with van der Waals surface area (Å²) < 4.78 is 0. The Morgan fingerprint density at radius 2 is 2.00 bits per heavy atom. The van der Waals surface area contributed by atoms with Crippen LogP contribution in [0, 0.1) is 12.3 Å². The van der Waals surface area contributed by atoms with Crippen molar-refractivity contribution in [1.82, 2.24) is 4.98 Å². The number of hydrogen-bond acceptors (Lipinski definition) is 2. The number of aryl methyl sites for hydroxylation is 1. The molecule has 0 fully saturated rings. The van der Waals surface area contributed by atoms with Gasteiger partial charge in [-0.3, -0.25) is 0 Å². The molecule has 1 aromatic rings. The molecular weight excluding hydrogens is 196 g/mol. The van der Waals surface area contributed by atoms with E-state index in [-0.39, 0.29) is 5.41 Å². The smallest absolute Gasteiger partial charge is 0.129 e. The molecule has 0 aromatic carbocycles. The summed E-state index contributed by atoms with van der Waals surface area (Å²) in [4.78, 5) is 4.18. The molecule has 0 aliphatic rings. The summed E-state index contributed by atoms with van der Waals surface area (Å²) in [6, 6.07) is 3.77. The average molecular weight is 213 g/mol. The number of nitrogens with one attached hydrogen (secondary N) is 1. The van der Waals surface area contributed by atoms with Crippen molar-refractivity contribution in [2.24, 2.45) is 5.41 Å². The lowest BCUT2D eigenvalue weighted by Crippen LogP contribution is -2.19. The molecule has 0 saturated heterocycles. The number of nitrogens with zero attached hydrogens (tertiary/aromatic N) is 1. The van der Waals surface area contributed by atoms with Gasteiger partial charge in [0.15, 0.2) is 0 Å². The van der Waals surface area contributed by atoms with Crippen LogP contribution in [0.5, 0.6) is 0 Å². The first-order valence-corrected chi connectivity index (χ1v) is 5.13. The predicted octanol–water partition coefficient (Wildman–Crippen LogP) is 3.50. The highest BCUT2D eigenvalue weighted by molar-refractivity contribution is 6.29. The van der Waals surface area contributed by atoms with Crippen LogP contribution in [-0.2, 0) is 0 Å². The molecule has 1 heterocycles. The fraction of sp³-hybridized carbons (Fsp3) is 0.545. The molecule has 0 aliphatic heterocycles. The molecule has 1 aromatic heterocycles. The quantitative estimate of drug-likeness (QED) is 0.760. The molecule has 0 bridgehead atoms. The summed E-state index contributed by atoms with van der Waals surface area (Å²) >= 11 is 5.77. The second kappa shape index (κ2) is 4.18. The molecule has 0 atom stereocenters. The van der Waals surface area contributed by atoms with Gasteiger partial charge in [0.2, 0.25) is 0 Å². The summed E-state index contributed by atoms with van der Waals surface area (Å²) in [6.45, 7) is 9.46. The first-order valence-electron chi connectivity index (χ1n) is 4.75. The molecule has 0 radical (unpaired) electrons. The van der Waals surface area contributed by atoms with Gasteiger partial charge in [-0.05, 0) is 24.5 Å². The molecule has 0 unspecified atom stereocenters. The van der Waals surface area contributed by atoms with E-state index in [2.05, 4.69) is 31.1 Å². The number of aromatic nitrogens is 1. The van der Waals surface area contributed by atoms with Crippen LogP contribution in [0.15, 0.2) is 12.1 Å². The van der Waals surface area contributed by atoms with E-state index in [1.54, 1.807) is 6.07 Å². The Balaban J connectivity index is 2.68. The number of hydrogen-bond donors (Lipinski definition) is 1. The molecule has 78 valence electrons. The number of anilines is 1. The van der Waals surface area contributed by atoms with Crippen LogP contribution in [0.1, 0.15) is 26.5 Å². The summed E-state index contributed by atoms with van der Waals surface area (Å²) in [6.07, 6.45) is 0. The molecule has 2 nitrogen and oxygen atoms in total. The fourth-order valence-corrected chi connectivity index (χ4v) is 1.27. The minimum absolute atomic E-state index is 0.270. The normalized spacial score (nSPS) is 11.5. The van der Waals surface area contributed by atoms with Gasteiger partial charge in [-0.15, -0.1) is 0 Å². The zero-order valence-electron chi connectivity index (χ0n) is 9.19. The van der Waals surface area contributed by atoms with Gasteiger partial charge in [0, 0.05) is 6.54 Å². The maximum absolute atomic E-state index is 5.77. The third kappa shape index (κ3) is 3.54. The Morgan fingerprint density at radius 3 is 2.50 bits per heavy atom. The van der Waals surface area contributed by atoms with Gasteiger partial charge in [0.1, 0.15) is 5.15 Å². The fourth-order valence-electron chi connectivity index (χ4n) is 1.08. The molecule has 0 amide bonds. The molecule has 1 rings (SSSR count). The number of pyridine rings is 1. The van der Waals surface area contributed by atoms with Gasteiger partial charge >= 0.3 is 0 Å². The van der Waals surface area contributed by atoms with Crippen molar-refractivity contribution in [1.29, 1.82) is 0 Å². The van der Waals surface area contributed by atoms with E-state index in [1.807, 2.05) is 13.0 Å². The van der Waals surface area contributed by atoms with Crippen LogP contribution in [0.2, 0.25) is 5.15 Å². The Hall–Kier alpha value is -0.760. The van der Waals surface area contributed by atoms with E-state index in [1.165, 1.54) is 0 Å². The standard InChI is InChI=1S/C11H17ClN2/c1-8-9(5-6-10(12)14-8)13-7-11(2,3)4/h5-6,13H,7H2,1-4H3. The summed E-state index contributed by atoms with van der Waals surface area (Å²) in [5.74, 6) is 0. The topological polar surface area (TPSA) is 24.9 Å². The average Bonchev–Trinajstić information content (AvgIpc) is 2.00. The minimum Gasteiger partial charge on any atom is -0.383 e. The van der Waals surface area contributed by atoms with E-state index >= 15 is 0 Å². The first kappa shape index (κ1) is 11.3. The molecule has 0 saturated carbocycles. The Kier molecular flexibility index (Phi) is 3.38. The zero-order valence-corrected chi connectivity index (χ0v) is 9.94. The van der Waals surface area contributed by atoms with Crippen molar-refractivity contribution in [3.05, 3.63) is 23.0 Å². The van der Waals surface area contributed by atoms with Crippen LogP contribution >= 0.6 is 11.6 Å². The lowest BCUT2D eigenvalue weighted by atomic mass is 9.97. The van der Waals surface area contributed by atoms with Crippen molar-refractivity contribution < 1.29 is 0 Å². The van der Waals surface area contributed by atoms with E-state index < -0.39 is 0 Å². The highest BCUT2D eigenvalue weighted by atomic mass is 35.5. The molecule has 14 heavy (non-hydrogen) atoms. The van der Waals surface area contributed by atoms with Crippen LogP contribution in [0.25, 0.3) is 0 Å². The van der Waals surface area contributed by atoms with Crippen molar-refractivity contribution in [2.45, 2.75) is 27.7 Å². The van der Waals surface area contributed by atoms with Gasteiger partial charge in [-0.25, -0.2) is 4.98 Å². The molecule has 3 heteroatoms. The summed E-state index contributed by atoms with van der Waals surface area (Å²) in [5, 5.41) is 3.90. The van der Waals surface area contributed by atoms with Gasteiger partial charge in [0.25, 0.3) is 0 Å². The van der Waals surface area contributed by atoms with Crippen LogP contribution in [0.4, 0.5) is 5.69 Å². The van der Waals surface area contributed by atoms with Gasteiger partial charge in [0.05, 0.1) is 11.4 Å². The molecule has 1 N–H and O–H groups in total. The van der Waals surface area contributed by atoms with E-state index in [0.29, 0.717) is 5.15 Å². The van der Waals surface area contributed by atoms with Gasteiger partial charge in [-0.2, -0.15) is 0 Å². The lowest BCUT2D eigenvalue weighted by Gasteiger charge is -2.20. The lowest BCUT2D eigenvalue weighted by molar-refractivity contribution is 0.443. The Morgan fingerprint density at radius 1 is 1.36 bits per heavy atom. The predicted molar refractivity (Wildman–Crippen MR) is 61.9 cm³/mol.